The van der Waals surface area contributed by atoms with E-state index in [1.807, 2.05) is 19.1 Å². The van der Waals surface area contributed by atoms with Gasteiger partial charge in [0.2, 0.25) is 0 Å². The second-order valence-corrected chi connectivity index (χ2v) is 8.62. The largest absolute Gasteiger partial charge is 0.461 e. The second-order valence-electron chi connectivity index (χ2n) is 8.62. The molecule has 0 unspecified atom stereocenters. The van der Waals surface area contributed by atoms with Crippen LogP contribution < -0.4 is 0 Å². The number of esters is 1. The molecule has 1 aliphatic rings. The van der Waals surface area contributed by atoms with Crippen LogP contribution in [-0.4, -0.2) is 37.1 Å². The average Bonchev–Trinajstić information content (AvgIpc) is 2.64. The van der Waals surface area contributed by atoms with E-state index in [4.69, 9.17) is 4.74 Å². The van der Waals surface area contributed by atoms with E-state index in [2.05, 4.69) is 64.7 Å². The highest BCUT2D eigenvalue weighted by Crippen LogP contribution is 2.40. The van der Waals surface area contributed by atoms with Crippen LogP contribution in [0.1, 0.15) is 67.7 Å². The van der Waals surface area contributed by atoms with Gasteiger partial charge in [-0.2, -0.15) is 0 Å². The average molecular weight is 400 g/mol. The molecule has 3 heteroatoms. The number of carbonyl (C=O) groups excluding carboxylic acids is 1. The molecule has 0 atom stereocenters. The Balaban J connectivity index is 2.58. The van der Waals surface area contributed by atoms with Crippen LogP contribution in [0, 0.1) is 5.41 Å². The Morgan fingerprint density at radius 1 is 1.14 bits per heavy atom. The molecule has 162 valence electrons. The van der Waals surface area contributed by atoms with Gasteiger partial charge in [-0.1, -0.05) is 69.2 Å². The van der Waals surface area contributed by atoms with Gasteiger partial charge in [-0.15, -0.1) is 0 Å². The van der Waals surface area contributed by atoms with Crippen molar-refractivity contribution in [2.45, 2.75) is 67.7 Å². The van der Waals surface area contributed by atoms with Crippen molar-refractivity contribution in [3.63, 3.8) is 0 Å². The van der Waals surface area contributed by atoms with Gasteiger partial charge in [0.05, 0.1) is 0 Å². The fourth-order valence-corrected chi connectivity index (χ4v) is 3.72. The topological polar surface area (TPSA) is 29.5 Å². The maximum atomic E-state index is 11.9. The molecule has 0 aromatic carbocycles. The number of allylic oxidation sites excluding steroid dienone is 9. The molecule has 1 rings (SSSR count). The summed E-state index contributed by atoms with van der Waals surface area (Å²) in [5.41, 5.74) is 5.33. The summed E-state index contributed by atoms with van der Waals surface area (Å²) in [4.78, 5) is 14.1. The van der Waals surface area contributed by atoms with Crippen LogP contribution in [0.5, 0.6) is 0 Å². The number of carbonyl (C=O) groups is 1. The van der Waals surface area contributed by atoms with E-state index >= 15 is 0 Å². The summed E-state index contributed by atoms with van der Waals surface area (Å²) < 4.78 is 5.29. The molecule has 0 heterocycles. The molecule has 0 radical (unpaired) electrons. The molecule has 0 aromatic rings. The van der Waals surface area contributed by atoms with Crippen LogP contribution in [0.15, 0.2) is 58.7 Å². The Bertz CT molecular complexity index is 685. The minimum atomic E-state index is -0.276. The number of likely N-dealkylation sites (N-methyl/N-ethyl adjacent to an activating group) is 1. The van der Waals surface area contributed by atoms with Gasteiger partial charge in [0.15, 0.2) is 0 Å². The van der Waals surface area contributed by atoms with E-state index in [-0.39, 0.29) is 11.4 Å². The van der Waals surface area contributed by atoms with Gasteiger partial charge in [-0.05, 0) is 69.7 Å². The number of rotatable bonds is 10. The Kier molecular flexibility index (Phi) is 11.0. The predicted molar refractivity (Wildman–Crippen MR) is 125 cm³/mol. The maximum absolute atomic E-state index is 11.9. The van der Waals surface area contributed by atoms with Crippen molar-refractivity contribution in [1.82, 2.24) is 4.90 Å². The lowest BCUT2D eigenvalue weighted by Gasteiger charge is -2.32. The normalized spacial score (nSPS) is 18.3. The SMILES string of the molecule is CCN(CC)CCOC(=O)/C=C(/C)C=CC=C(C)C=CC1=C(C)CCCC1(C)C. The fourth-order valence-electron chi connectivity index (χ4n) is 3.72. The van der Waals surface area contributed by atoms with Crippen molar-refractivity contribution >= 4 is 5.97 Å². The maximum Gasteiger partial charge on any atom is 0.331 e. The zero-order valence-electron chi connectivity index (χ0n) is 19.7. The van der Waals surface area contributed by atoms with Crippen LogP contribution in [0.25, 0.3) is 0 Å². The summed E-state index contributed by atoms with van der Waals surface area (Å²) >= 11 is 0. The third-order valence-electron chi connectivity index (χ3n) is 5.67. The van der Waals surface area contributed by atoms with Gasteiger partial charge in [-0.3, -0.25) is 0 Å². The molecule has 0 fully saturated rings. The molecular weight excluding hydrogens is 358 g/mol. The Labute approximate surface area is 178 Å². The molecule has 0 saturated heterocycles. The standard InChI is InChI=1S/C26H41NO2/c1-8-27(9-2)18-19-29-25(28)20-22(4)13-10-12-21(3)15-16-24-23(5)14-11-17-26(24,6)7/h10,12-13,15-16,20H,8-9,11,14,17-19H2,1-7H3/b13-10?,16-15?,21-12?,22-20-. The van der Waals surface area contributed by atoms with Gasteiger partial charge in [0.1, 0.15) is 6.61 Å². The molecule has 0 amide bonds. The van der Waals surface area contributed by atoms with Gasteiger partial charge in [0, 0.05) is 12.6 Å². The zero-order valence-corrected chi connectivity index (χ0v) is 19.7. The van der Waals surface area contributed by atoms with Crippen LogP contribution in [0.3, 0.4) is 0 Å². The highest BCUT2D eigenvalue weighted by Gasteiger charge is 2.26. The van der Waals surface area contributed by atoms with Crippen LogP contribution in [0.2, 0.25) is 0 Å². The minimum absolute atomic E-state index is 0.264. The summed E-state index contributed by atoms with van der Waals surface area (Å²) in [7, 11) is 0. The molecule has 1 aliphatic carbocycles. The monoisotopic (exact) mass is 399 g/mol. The molecule has 3 nitrogen and oxygen atoms in total. The first-order chi connectivity index (χ1) is 13.7. The van der Waals surface area contributed by atoms with Crippen molar-refractivity contribution in [3.8, 4) is 0 Å². The Morgan fingerprint density at radius 2 is 1.83 bits per heavy atom. The number of hydrogen-bond donors (Lipinski definition) is 0. The molecule has 0 aromatic heterocycles. The molecule has 29 heavy (non-hydrogen) atoms. The summed E-state index contributed by atoms with van der Waals surface area (Å²) in [6.07, 6.45) is 15.8. The lowest BCUT2D eigenvalue weighted by molar-refractivity contribution is -0.138. The zero-order chi connectivity index (χ0) is 21.9. The number of ether oxygens (including phenoxy) is 1. The van der Waals surface area contributed by atoms with Gasteiger partial charge >= 0.3 is 5.97 Å². The first-order valence-corrected chi connectivity index (χ1v) is 11.0. The summed E-state index contributed by atoms with van der Waals surface area (Å²) in [6, 6.07) is 0. The van der Waals surface area contributed by atoms with Gasteiger partial charge in [-0.25, -0.2) is 4.79 Å². The van der Waals surface area contributed by atoms with E-state index in [1.165, 1.54) is 36.0 Å². The Hall–Kier alpha value is -1.87. The van der Waals surface area contributed by atoms with E-state index in [9.17, 15) is 4.79 Å². The van der Waals surface area contributed by atoms with E-state index in [0.29, 0.717) is 6.61 Å². The highest BCUT2D eigenvalue weighted by atomic mass is 16.5. The van der Waals surface area contributed by atoms with E-state index in [0.717, 1.165) is 25.2 Å². The lowest BCUT2D eigenvalue weighted by Crippen LogP contribution is -2.27. The number of nitrogens with zero attached hydrogens (tertiary/aromatic N) is 1. The fraction of sp³-hybridized carbons (Fsp3) is 0.577. The molecule has 0 spiro atoms. The quantitative estimate of drug-likeness (QED) is 0.242. The smallest absolute Gasteiger partial charge is 0.331 e. The third kappa shape index (κ3) is 9.45. The van der Waals surface area contributed by atoms with Crippen molar-refractivity contribution < 1.29 is 9.53 Å². The first kappa shape index (κ1) is 25.2. The predicted octanol–water partition coefficient (Wildman–Crippen LogP) is 6.40. The molecule has 0 saturated carbocycles. The van der Waals surface area contributed by atoms with Gasteiger partial charge in [0.25, 0.3) is 0 Å². The van der Waals surface area contributed by atoms with Crippen LogP contribution in [-0.2, 0) is 9.53 Å². The molecule has 0 aliphatic heterocycles. The highest BCUT2D eigenvalue weighted by molar-refractivity contribution is 5.83. The van der Waals surface area contributed by atoms with Crippen LogP contribution in [0.4, 0.5) is 0 Å². The minimum Gasteiger partial charge on any atom is -0.461 e. The lowest BCUT2D eigenvalue weighted by atomic mass is 9.72. The van der Waals surface area contributed by atoms with Crippen molar-refractivity contribution in [1.29, 1.82) is 0 Å². The summed E-state index contributed by atoms with van der Waals surface area (Å²) in [5, 5.41) is 0. The van der Waals surface area contributed by atoms with Gasteiger partial charge < -0.3 is 9.64 Å². The number of hydrogen-bond acceptors (Lipinski definition) is 3. The van der Waals surface area contributed by atoms with Crippen LogP contribution >= 0.6 is 0 Å². The van der Waals surface area contributed by atoms with E-state index in [1.54, 1.807) is 6.08 Å². The first-order valence-electron chi connectivity index (χ1n) is 11.0. The van der Waals surface area contributed by atoms with Crippen molar-refractivity contribution in [2.75, 3.05) is 26.2 Å². The molecule has 0 N–H and O–H groups in total. The van der Waals surface area contributed by atoms with Crippen molar-refractivity contribution in [2.24, 2.45) is 5.41 Å². The Morgan fingerprint density at radius 3 is 2.45 bits per heavy atom. The summed E-state index contributed by atoms with van der Waals surface area (Å²) in [5.74, 6) is -0.276. The second kappa shape index (κ2) is 12.6. The molecular formula is C26H41NO2. The van der Waals surface area contributed by atoms with Crippen molar-refractivity contribution in [3.05, 3.63) is 58.7 Å². The summed E-state index contributed by atoms with van der Waals surface area (Å²) in [6.45, 7) is 18.3. The van der Waals surface area contributed by atoms with E-state index < -0.39 is 0 Å². The third-order valence-corrected chi connectivity index (χ3v) is 5.67. The molecule has 0 bridgehead atoms.